The van der Waals surface area contributed by atoms with Gasteiger partial charge in [-0.2, -0.15) is 4.98 Å². The van der Waals surface area contributed by atoms with Crippen LogP contribution >= 0.6 is 0 Å². The zero-order valence-electron chi connectivity index (χ0n) is 17.1. The molecule has 0 fully saturated rings. The predicted octanol–water partition coefficient (Wildman–Crippen LogP) is 5.31. The van der Waals surface area contributed by atoms with Crippen molar-refractivity contribution < 1.29 is 18.7 Å². The molecule has 0 atom stereocenters. The maximum absolute atomic E-state index is 5.90. The van der Waals surface area contributed by atoms with Crippen LogP contribution < -0.4 is 14.2 Å². The van der Waals surface area contributed by atoms with Crippen molar-refractivity contribution in [3.05, 3.63) is 77.9 Å². The van der Waals surface area contributed by atoms with Crippen LogP contribution in [-0.2, 0) is 6.61 Å². The quantitative estimate of drug-likeness (QED) is 0.417. The zero-order valence-corrected chi connectivity index (χ0v) is 17.1. The van der Waals surface area contributed by atoms with Gasteiger partial charge < -0.3 is 18.7 Å². The van der Waals surface area contributed by atoms with Crippen LogP contribution in [-0.4, -0.2) is 24.4 Å². The van der Waals surface area contributed by atoms with Crippen LogP contribution in [0.1, 0.15) is 11.1 Å². The molecule has 1 heterocycles. The number of benzene rings is 3. The summed E-state index contributed by atoms with van der Waals surface area (Å²) in [4.78, 5) is 4.50. The Kier molecular flexibility index (Phi) is 5.66. The molecule has 0 saturated carbocycles. The average molecular weight is 402 g/mol. The summed E-state index contributed by atoms with van der Waals surface area (Å²) in [5.41, 5.74) is 3.97. The Morgan fingerprint density at radius 2 is 1.57 bits per heavy atom. The summed E-state index contributed by atoms with van der Waals surface area (Å²) < 4.78 is 21.9. The van der Waals surface area contributed by atoms with E-state index in [0.717, 1.165) is 16.9 Å². The molecule has 0 spiro atoms. The first kappa shape index (κ1) is 19.5. The lowest BCUT2D eigenvalue weighted by atomic mass is 10.1. The maximum Gasteiger partial charge on any atom is 0.258 e. The Morgan fingerprint density at radius 1 is 0.833 bits per heavy atom. The van der Waals surface area contributed by atoms with Crippen LogP contribution in [0.15, 0.2) is 71.3 Å². The molecule has 0 aliphatic carbocycles. The molecule has 1 aromatic heterocycles. The normalized spacial score (nSPS) is 10.6. The molecule has 6 nitrogen and oxygen atoms in total. The Morgan fingerprint density at radius 3 is 2.30 bits per heavy atom. The second kappa shape index (κ2) is 8.69. The third-order valence-electron chi connectivity index (χ3n) is 4.82. The average Bonchev–Trinajstić information content (AvgIpc) is 3.29. The first-order chi connectivity index (χ1) is 14.7. The predicted molar refractivity (Wildman–Crippen MR) is 114 cm³/mol. The number of nitrogens with zero attached hydrogens (tertiary/aromatic N) is 2. The summed E-state index contributed by atoms with van der Waals surface area (Å²) in [6.45, 7) is 2.60. The topological polar surface area (TPSA) is 66.6 Å². The minimum atomic E-state index is 0.408. The van der Waals surface area contributed by atoms with Gasteiger partial charge in [0.1, 0.15) is 12.4 Å². The van der Waals surface area contributed by atoms with Crippen LogP contribution in [0.25, 0.3) is 22.8 Å². The summed E-state index contributed by atoms with van der Waals surface area (Å²) in [6.07, 6.45) is 0. The second-order valence-electron chi connectivity index (χ2n) is 6.73. The SMILES string of the molecule is COc1ccc(-c2nc(-c3ccc(OCc4ccccc4C)cc3)no2)cc1OC. The summed E-state index contributed by atoms with van der Waals surface area (Å²) in [5.74, 6) is 2.94. The summed E-state index contributed by atoms with van der Waals surface area (Å²) in [6, 6.07) is 21.3. The van der Waals surface area contributed by atoms with Gasteiger partial charge in [0.05, 0.1) is 14.2 Å². The number of rotatable bonds is 7. The van der Waals surface area contributed by atoms with Gasteiger partial charge in [0.2, 0.25) is 5.82 Å². The van der Waals surface area contributed by atoms with Gasteiger partial charge in [0.15, 0.2) is 11.5 Å². The lowest BCUT2D eigenvalue weighted by Crippen LogP contribution is -1.97. The molecular formula is C24H22N2O4. The van der Waals surface area contributed by atoms with E-state index >= 15 is 0 Å². The van der Waals surface area contributed by atoms with E-state index in [0.29, 0.717) is 29.8 Å². The fraction of sp³-hybridized carbons (Fsp3) is 0.167. The number of aryl methyl sites for hydroxylation is 1. The summed E-state index contributed by atoms with van der Waals surface area (Å²) in [5, 5.41) is 4.10. The van der Waals surface area contributed by atoms with Gasteiger partial charge in [-0.25, -0.2) is 0 Å². The number of hydrogen-bond donors (Lipinski definition) is 0. The molecule has 0 unspecified atom stereocenters. The summed E-state index contributed by atoms with van der Waals surface area (Å²) >= 11 is 0. The minimum Gasteiger partial charge on any atom is -0.493 e. The molecule has 3 aromatic carbocycles. The van der Waals surface area contributed by atoms with Crippen molar-refractivity contribution in [3.63, 3.8) is 0 Å². The van der Waals surface area contributed by atoms with Gasteiger partial charge in [0.25, 0.3) is 5.89 Å². The van der Waals surface area contributed by atoms with E-state index in [1.54, 1.807) is 26.4 Å². The van der Waals surface area contributed by atoms with Crippen LogP contribution in [0.5, 0.6) is 17.2 Å². The van der Waals surface area contributed by atoms with E-state index in [-0.39, 0.29) is 0 Å². The third kappa shape index (κ3) is 4.12. The molecule has 0 bridgehead atoms. The van der Waals surface area contributed by atoms with Gasteiger partial charge in [-0.05, 0) is 60.5 Å². The molecule has 0 N–H and O–H groups in total. The molecule has 30 heavy (non-hydrogen) atoms. The van der Waals surface area contributed by atoms with E-state index in [1.807, 2.05) is 42.5 Å². The molecule has 0 aliphatic heterocycles. The number of ether oxygens (including phenoxy) is 3. The Labute approximate surface area is 175 Å². The standard InChI is InChI=1S/C24H22N2O4/c1-16-6-4-5-7-19(16)15-29-20-11-8-17(9-12-20)23-25-24(30-26-23)18-10-13-21(27-2)22(14-18)28-3/h4-14H,15H2,1-3H3. The highest BCUT2D eigenvalue weighted by Gasteiger charge is 2.13. The Balaban J connectivity index is 1.48. The Hall–Kier alpha value is -3.80. The van der Waals surface area contributed by atoms with Crippen molar-refractivity contribution in [3.8, 4) is 40.1 Å². The van der Waals surface area contributed by atoms with Gasteiger partial charge >= 0.3 is 0 Å². The van der Waals surface area contributed by atoms with E-state index in [9.17, 15) is 0 Å². The lowest BCUT2D eigenvalue weighted by Gasteiger charge is -2.08. The molecule has 0 amide bonds. The highest BCUT2D eigenvalue weighted by atomic mass is 16.5. The van der Waals surface area contributed by atoms with Gasteiger partial charge in [0, 0.05) is 11.1 Å². The van der Waals surface area contributed by atoms with E-state index in [1.165, 1.54) is 11.1 Å². The molecule has 0 saturated heterocycles. The molecule has 4 rings (SSSR count). The largest absolute Gasteiger partial charge is 0.493 e. The van der Waals surface area contributed by atoms with Crippen molar-refractivity contribution in [2.75, 3.05) is 14.2 Å². The van der Waals surface area contributed by atoms with Gasteiger partial charge in [-0.3, -0.25) is 0 Å². The highest BCUT2D eigenvalue weighted by molar-refractivity contribution is 5.63. The zero-order chi connectivity index (χ0) is 20.9. The maximum atomic E-state index is 5.90. The minimum absolute atomic E-state index is 0.408. The Bertz CT molecular complexity index is 1140. The van der Waals surface area contributed by atoms with Crippen molar-refractivity contribution in [1.29, 1.82) is 0 Å². The molecule has 0 aliphatic rings. The molecular weight excluding hydrogens is 380 g/mol. The smallest absolute Gasteiger partial charge is 0.258 e. The van der Waals surface area contributed by atoms with Crippen LogP contribution in [0, 0.1) is 6.92 Å². The fourth-order valence-electron chi connectivity index (χ4n) is 3.06. The molecule has 152 valence electrons. The first-order valence-electron chi connectivity index (χ1n) is 9.52. The third-order valence-corrected chi connectivity index (χ3v) is 4.82. The number of aromatic nitrogens is 2. The molecule has 0 radical (unpaired) electrons. The summed E-state index contributed by atoms with van der Waals surface area (Å²) in [7, 11) is 3.18. The van der Waals surface area contributed by atoms with Crippen molar-refractivity contribution in [2.24, 2.45) is 0 Å². The molecule has 6 heteroatoms. The monoisotopic (exact) mass is 402 g/mol. The molecule has 4 aromatic rings. The number of hydrogen-bond acceptors (Lipinski definition) is 6. The van der Waals surface area contributed by atoms with Crippen LogP contribution in [0.4, 0.5) is 0 Å². The van der Waals surface area contributed by atoms with Crippen molar-refractivity contribution in [2.45, 2.75) is 13.5 Å². The van der Waals surface area contributed by atoms with Crippen molar-refractivity contribution >= 4 is 0 Å². The lowest BCUT2D eigenvalue weighted by molar-refractivity contribution is 0.305. The highest BCUT2D eigenvalue weighted by Crippen LogP contribution is 2.32. The van der Waals surface area contributed by atoms with Crippen LogP contribution in [0.3, 0.4) is 0 Å². The van der Waals surface area contributed by atoms with Gasteiger partial charge in [-0.15, -0.1) is 0 Å². The van der Waals surface area contributed by atoms with Crippen molar-refractivity contribution in [1.82, 2.24) is 10.1 Å². The number of methoxy groups -OCH3 is 2. The second-order valence-corrected chi connectivity index (χ2v) is 6.73. The van der Waals surface area contributed by atoms with Gasteiger partial charge in [-0.1, -0.05) is 29.4 Å². The van der Waals surface area contributed by atoms with E-state index in [2.05, 4.69) is 29.2 Å². The first-order valence-corrected chi connectivity index (χ1v) is 9.52. The van der Waals surface area contributed by atoms with E-state index in [4.69, 9.17) is 18.7 Å². The van der Waals surface area contributed by atoms with Crippen LogP contribution in [0.2, 0.25) is 0 Å². The fourth-order valence-corrected chi connectivity index (χ4v) is 3.06. The van der Waals surface area contributed by atoms with E-state index < -0.39 is 0 Å².